The van der Waals surface area contributed by atoms with E-state index < -0.39 is 6.04 Å². The molecule has 3 aromatic rings. The van der Waals surface area contributed by atoms with E-state index in [1.807, 2.05) is 62.6 Å². The van der Waals surface area contributed by atoms with Crippen molar-refractivity contribution in [3.8, 4) is 0 Å². The summed E-state index contributed by atoms with van der Waals surface area (Å²) in [5.74, 6) is -0.822. The van der Waals surface area contributed by atoms with Crippen LogP contribution in [0.4, 0.5) is 5.13 Å². The molecule has 4 rings (SSSR count). The van der Waals surface area contributed by atoms with Crippen LogP contribution in [0.2, 0.25) is 0 Å². The smallest absolute Gasteiger partial charge is 0.270 e. The number of amides is 3. The molecule has 2 aromatic carbocycles. The monoisotopic (exact) mass is 491 g/mol. The second-order valence-corrected chi connectivity index (χ2v) is 9.55. The van der Waals surface area contributed by atoms with Crippen LogP contribution in [0, 0.1) is 0 Å². The van der Waals surface area contributed by atoms with Gasteiger partial charge in [0.15, 0.2) is 5.13 Å². The minimum Gasteiger partial charge on any atom is -0.351 e. The maximum absolute atomic E-state index is 13.4. The van der Waals surface area contributed by atoms with E-state index in [1.54, 1.807) is 16.3 Å². The molecule has 1 aliphatic rings. The van der Waals surface area contributed by atoms with Crippen molar-refractivity contribution in [1.82, 2.24) is 20.1 Å². The summed E-state index contributed by atoms with van der Waals surface area (Å²) in [6, 6.07) is 15.8. The Balaban J connectivity index is 1.44. The van der Waals surface area contributed by atoms with Crippen molar-refractivity contribution in [3.63, 3.8) is 0 Å². The third-order valence-electron chi connectivity index (χ3n) is 5.81. The van der Waals surface area contributed by atoms with Crippen LogP contribution in [-0.4, -0.2) is 59.7 Å². The van der Waals surface area contributed by atoms with Crippen molar-refractivity contribution in [3.05, 3.63) is 82.4 Å². The third kappa shape index (κ3) is 5.93. The molecule has 0 bridgehead atoms. The van der Waals surface area contributed by atoms with E-state index in [-0.39, 0.29) is 23.4 Å². The highest BCUT2D eigenvalue weighted by atomic mass is 32.1. The van der Waals surface area contributed by atoms with Crippen LogP contribution in [0.5, 0.6) is 0 Å². The molecule has 3 amide bonds. The van der Waals surface area contributed by atoms with Crippen molar-refractivity contribution in [2.24, 2.45) is 0 Å². The van der Waals surface area contributed by atoms with E-state index in [9.17, 15) is 14.4 Å². The Morgan fingerprint density at radius 3 is 2.57 bits per heavy atom. The molecule has 1 unspecified atom stereocenters. The number of benzene rings is 2. The maximum atomic E-state index is 13.4. The van der Waals surface area contributed by atoms with E-state index in [1.165, 1.54) is 11.3 Å². The Kier molecular flexibility index (Phi) is 7.89. The normalized spacial score (nSPS) is 13.6. The average Bonchev–Trinajstić information content (AvgIpc) is 3.44. The number of carbonyl (C=O) groups excluding carboxylic acids is 3. The van der Waals surface area contributed by atoms with Crippen molar-refractivity contribution in [2.45, 2.75) is 25.4 Å². The highest BCUT2D eigenvalue weighted by molar-refractivity contribution is 7.14. The van der Waals surface area contributed by atoms with Gasteiger partial charge in [0.05, 0.1) is 0 Å². The van der Waals surface area contributed by atoms with Gasteiger partial charge in [0.1, 0.15) is 11.7 Å². The van der Waals surface area contributed by atoms with Gasteiger partial charge in [-0.25, -0.2) is 4.98 Å². The Bertz CT molecular complexity index is 1190. The molecule has 0 saturated heterocycles. The predicted molar refractivity (Wildman–Crippen MR) is 136 cm³/mol. The van der Waals surface area contributed by atoms with Crippen LogP contribution >= 0.6 is 11.3 Å². The first-order valence-corrected chi connectivity index (χ1v) is 12.4. The first-order chi connectivity index (χ1) is 16.9. The van der Waals surface area contributed by atoms with Crippen molar-refractivity contribution in [2.75, 3.05) is 32.5 Å². The molecule has 35 heavy (non-hydrogen) atoms. The summed E-state index contributed by atoms with van der Waals surface area (Å²) >= 11 is 1.18. The van der Waals surface area contributed by atoms with Crippen molar-refractivity contribution < 1.29 is 14.4 Å². The molecule has 0 fully saturated rings. The molecule has 0 saturated carbocycles. The molecule has 1 aliphatic heterocycles. The van der Waals surface area contributed by atoms with Crippen molar-refractivity contribution in [1.29, 1.82) is 0 Å². The van der Waals surface area contributed by atoms with Crippen LogP contribution in [-0.2, 0) is 11.3 Å². The van der Waals surface area contributed by atoms with E-state index in [4.69, 9.17) is 0 Å². The fraction of sp³-hybridized carbons (Fsp3) is 0.308. The number of thiazole rings is 1. The van der Waals surface area contributed by atoms with Gasteiger partial charge in [-0.1, -0.05) is 48.5 Å². The molecule has 0 aliphatic carbocycles. The maximum Gasteiger partial charge on any atom is 0.270 e. The largest absolute Gasteiger partial charge is 0.351 e. The summed E-state index contributed by atoms with van der Waals surface area (Å²) in [5.41, 5.74) is 2.47. The van der Waals surface area contributed by atoms with Gasteiger partial charge in [-0.2, -0.15) is 0 Å². The number of hydrogen-bond donors (Lipinski definition) is 2. The molecule has 8 nitrogen and oxygen atoms in total. The zero-order valence-corrected chi connectivity index (χ0v) is 20.7. The molecule has 1 aromatic heterocycles. The van der Waals surface area contributed by atoms with Gasteiger partial charge in [0.2, 0.25) is 0 Å². The number of nitrogens with zero attached hydrogens (tertiary/aromatic N) is 3. The zero-order valence-electron chi connectivity index (χ0n) is 19.9. The Morgan fingerprint density at radius 1 is 1.09 bits per heavy atom. The summed E-state index contributed by atoms with van der Waals surface area (Å²) in [7, 11) is 4.04. The minimum absolute atomic E-state index is 0.182. The second kappa shape index (κ2) is 11.2. The standard InChI is InChI=1S/C26H29N5O3S/c1-30(2)15-9-8-14-27-23(32)21-17-35-26(28-21)29-24(33)22(18-10-4-3-5-11-18)31-16-19-12-6-7-13-20(19)25(31)34/h3-7,10-13,17,22H,8-9,14-16H2,1-2H3,(H,27,32)(H,28,29,33). The van der Waals surface area contributed by atoms with Crippen LogP contribution in [0.15, 0.2) is 60.0 Å². The summed E-state index contributed by atoms with van der Waals surface area (Å²) < 4.78 is 0. The molecule has 182 valence electrons. The van der Waals surface area contributed by atoms with Gasteiger partial charge in [-0.15, -0.1) is 11.3 Å². The lowest BCUT2D eigenvalue weighted by Crippen LogP contribution is -2.37. The highest BCUT2D eigenvalue weighted by Crippen LogP contribution is 2.32. The number of carbonyl (C=O) groups is 3. The number of nitrogens with one attached hydrogen (secondary N) is 2. The number of unbranched alkanes of at least 4 members (excludes halogenated alkanes) is 1. The lowest BCUT2D eigenvalue weighted by atomic mass is 10.0. The number of fused-ring (bicyclic) bond motifs is 1. The van der Waals surface area contributed by atoms with E-state index in [2.05, 4.69) is 20.5 Å². The zero-order chi connectivity index (χ0) is 24.8. The molecule has 9 heteroatoms. The third-order valence-corrected chi connectivity index (χ3v) is 6.57. The number of anilines is 1. The van der Waals surface area contributed by atoms with Crippen LogP contribution < -0.4 is 10.6 Å². The second-order valence-electron chi connectivity index (χ2n) is 8.70. The molecule has 0 radical (unpaired) electrons. The molecular formula is C26H29N5O3S. The SMILES string of the molecule is CN(C)CCCCNC(=O)c1csc(NC(=O)C(c2ccccc2)N2Cc3ccccc3C2=O)n1. The Morgan fingerprint density at radius 2 is 1.83 bits per heavy atom. The molecule has 2 N–H and O–H groups in total. The number of rotatable bonds is 10. The van der Waals surface area contributed by atoms with E-state index >= 15 is 0 Å². The lowest BCUT2D eigenvalue weighted by molar-refractivity contribution is -0.120. The summed E-state index contributed by atoms with van der Waals surface area (Å²) in [4.78, 5) is 47.0. The van der Waals surface area contributed by atoms with E-state index in [0.29, 0.717) is 29.3 Å². The average molecular weight is 492 g/mol. The van der Waals surface area contributed by atoms with Crippen LogP contribution in [0.3, 0.4) is 0 Å². The summed E-state index contributed by atoms with van der Waals surface area (Å²) in [5, 5.41) is 7.63. The highest BCUT2D eigenvalue weighted by Gasteiger charge is 2.37. The van der Waals surface area contributed by atoms with Gasteiger partial charge in [0, 0.05) is 24.0 Å². The van der Waals surface area contributed by atoms with Gasteiger partial charge in [-0.05, 0) is 50.7 Å². The van der Waals surface area contributed by atoms with Crippen LogP contribution in [0.25, 0.3) is 0 Å². The minimum atomic E-state index is -0.825. The fourth-order valence-corrected chi connectivity index (χ4v) is 4.74. The predicted octanol–water partition coefficient (Wildman–Crippen LogP) is 3.55. The van der Waals surface area contributed by atoms with E-state index in [0.717, 1.165) is 24.9 Å². The topological polar surface area (TPSA) is 94.6 Å². The molecule has 1 atom stereocenters. The number of hydrogen-bond acceptors (Lipinski definition) is 6. The quantitative estimate of drug-likeness (QED) is 0.423. The van der Waals surface area contributed by atoms with Crippen LogP contribution in [0.1, 0.15) is 50.9 Å². The van der Waals surface area contributed by atoms with Gasteiger partial charge in [0.25, 0.3) is 17.7 Å². The molecule has 2 heterocycles. The molecule has 0 spiro atoms. The molecular weight excluding hydrogens is 462 g/mol. The van der Waals surface area contributed by atoms with Crippen molar-refractivity contribution >= 4 is 34.2 Å². The summed E-state index contributed by atoms with van der Waals surface area (Å²) in [6.07, 6.45) is 1.87. The first kappa shape index (κ1) is 24.6. The first-order valence-electron chi connectivity index (χ1n) is 11.6. The Labute approximate surface area is 209 Å². The fourth-order valence-electron chi connectivity index (χ4n) is 4.05. The van der Waals surface area contributed by atoms with Gasteiger partial charge >= 0.3 is 0 Å². The number of aromatic nitrogens is 1. The lowest BCUT2D eigenvalue weighted by Gasteiger charge is -2.27. The summed E-state index contributed by atoms with van der Waals surface area (Å²) in [6.45, 7) is 1.89. The van der Waals surface area contributed by atoms with Gasteiger partial charge < -0.3 is 15.1 Å². The van der Waals surface area contributed by atoms with Gasteiger partial charge in [-0.3, -0.25) is 19.7 Å². The Hall–Kier alpha value is -3.56.